The first-order valence-electron chi connectivity index (χ1n) is 7.89. The number of rotatable bonds is 6. The predicted octanol–water partition coefficient (Wildman–Crippen LogP) is 3.42. The molecule has 1 unspecified atom stereocenters. The number of nitrogens with one attached hydrogen (secondary N) is 1. The molecule has 1 aliphatic carbocycles. The second-order valence-electron chi connectivity index (χ2n) is 5.43. The lowest BCUT2D eigenvalue weighted by Crippen LogP contribution is -2.15. The van der Waals surface area contributed by atoms with Crippen molar-refractivity contribution in [3.05, 3.63) is 16.0 Å². The van der Waals surface area contributed by atoms with Crippen molar-refractivity contribution in [3.63, 3.8) is 0 Å². The summed E-state index contributed by atoms with van der Waals surface area (Å²) in [5.74, 6) is -0.514. The number of ether oxygens (including phenoxy) is 1. The molecule has 0 aliphatic heterocycles. The summed E-state index contributed by atoms with van der Waals surface area (Å²) in [4.78, 5) is 25.0. The van der Waals surface area contributed by atoms with Gasteiger partial charge in [0.25, 0.3) is 0 Å². The van der Waals surface area contributed by atoms with Crippen molar-refractivity contribution >= 4 is 28.2 Å². The van der Waals surface area contributed by atoms with Gasteiger partial charge in [0.1, 0.15) is 5.00 Å². The SMILES string of the molecule is CCCCC(=O)Nc1sc2c(c1C(=O)OCC)CCCC2O. The quantitative estimate of drug-likeness (QED) is 0.786. The van der Waals surface area contributed by atoms with Gasteiger partial charge in [-0.15, -0.1) is 11.3 Å². The van der Waals surface area contributed by atoms with Crippen LogP contribution in [0.25, 0.3) is 0 Å². The van der Waals surface area contributed by atoms with Gasteiger partial charge in [0.2, 0.25) is 5.91 Å². The van der Waals surface area contributed by atoms with Crippen LogP contribution in [0, 0.1) is 0 Å². The van der Waals surface area contributed by atoms with Gasteiger partial charge >= 0.3 is 5.97 Å². The van der Waals surface area contributed by atoms with Gasteiger partial charge in [-0.3, -0.25) is 4.79 Å². The first kappa shape index (κ1) is 17.0. The van der Waals surface area contributed by atoms with Gasteiger partial charge in [-0.05, 0) is 38.2 Å². The molecule has 0 fully saturated rings. The van der Waals surface area contributed by atoms with Crippen LogP contribution in [0.15, 0.2) is 0 Å². The number of hydrogen-bond donors (Lipinski definition) is 2. The molecule has 122 valence electrons. The third-order valence-electron chi connectivity index (χ3n) is 3.74. The van der Waals surface area contributed by atoms with E-state index in [4.69, 9.17) is 4.74 Å². The smallest absolute Gasteiger partial charge is 0.341 e. The summed E-state index contributed by atoms with van der Waals surface area (Å²) in [5, 5.41) is 13.5. The minimum absolute atomic E-state index is 0.0968. The zero-order valence-electron chi connectivity index (χ0n) is 13.1. The highest BCUT2D eigenvalue weighted by Crippen LogP contribution is 2.42. The summed E-state index contributed by atoms with van der Waals surface area (Å²) >= 11 is 1.30. The molecule has 0 aromatic carbocycles. The Morgan fingerprint density at radius 3 is 2.86 bits per heavy atom. The largest absolute Gasteiger partial charge is 0.462 e. The van der Waals surface area contributed by atoms with Crippen molar-refractivity contribution in [2.24, 2.45) is 0 Å². The Hall–Kier alpha value is -1.40. The molecule has 0 radical (unpaired) electrons. The third kappa shape index (κ3) is 3.67. The van der Waals surface area contributed by atoms with Gasteiger partial charge in [-0.25, -0.2) is 4.79 Å². The number of aliphatic hydroxyl groups is 1. The number of esters is 1. The van der Waals surface area contributed by atoms with E-state index in [-0.39, 0.29) is 12.5 Å². The molecule has 22 heavy (non-hydrogen) atoms. The summed E-state index contributed by atoms with van der Waals surface area (Å²) in [6.07, 6.45) is 3.90. The van der Waals surface area contributed by atoms with Gasteiger partial charge in [0.05, 0.1) is 18.3 Å². The Balaban J connectivity index is 2.31. The van der Waals surface area contributed by atoms with E-state index in [0.717, 1.165) is 36.1 Å². The number of hydrogen-bond acceptors (Lipinski definition) is 5. The number of aliphatic hydroxyl groups excluding tert-OH is 1. The van der Waals surface area contributed by atoms with Gasteiger partial charge in [-0.2, -0.15) is 0 Å². The van der Waals surface area contributed by atoms with Crippen molar-refractivity contribution in [2.75, 3.05) is 11.9 Å². The van der Waals surface area contributed by atoms with E-state index in [1.165, 1.54) is 11.3 Å². The Morgan fingerprint density at radius 2 is 2.18 bits per heavy atom. The Labute approximate surface area is 134 Å². The maximum atomic E-state index is 12.3. The molecule has 1 aromatic heterocycles. The fraction of sp³-hybridized carbons (Fsp3) is 0.625. The molecule has 0 spiro atoms. The highest BCUT2D eigenvalue weighted by Gasteiger charge is 2.30. The van der Waals surface area contributed by atoms with Crippen LogP contribution in [0.4, 0.5) is 5.00 Å². The molecule has 1 heterocycles. The molecule has 6 heteroatoms. The van der Waals surface area contributed by atoms with Crippen LogP contribution in [0.1, 0.15) is 72.9 Å². The highest BCUT2D eigenvalue weighted by molar-refractivity contribution is 7.17. The topological polar surface area (TPSA) is 75.6 Å². The second-order valence-corrected chi connectivity index (χ2v) is 6.48. The number of anilines is 1. The summed E-state index contributed by atoms with van der Waals surface area (Å²) < 4.78 is 5.13. The van der Waals surface area contributed by atoms with Crippen molar-refractivity contribution in [1.29, 1.82) is 0 Å². The standard InChI is InChI=1S/C16H23NO4S/c1-3-5-9-12(19)17-15-13(16(20)21-4-2)10-7-6-8-11(18)14(10)22-15/h11,18H,3-9H2,1-2H3,(H,17,19). The van der Waals surface area contributed by atoms with Crippen LogP contribution < -0.4 is 5.32 Å². The normalized spacial score (nSPS) is 17.0. The molecule has 2 N–H and O–H groups in total. The summed E-state index contributed by atoms with van der Waals surface area (Å²) in [6.45, 7) is 4.07. The first-order valence-corrected chi connectivity index (χ1v) is 8.70. The zero-order valence-corrected chi connectivity index (χ0v) is 13.9. The van der Waals surface area contributed by atoms with Gasteiger partial charge in [0.15, 0.2) is 0 Å². The van der Waals surface area contributed by atoms with E-state index in [1.807, 2.05) is 6.92 Å². The zero-order chi connectivity index (χ0) is 16.1. The van der Waals surface area contributed by atoms with Crippen LogP contribution in [0.2, 0.25) is 0 Å². The number of unbranched alkanes of at least 4 members (excludes halogenated alkanes) is 1. The van der Waals surface area contributed by atoms with E-state index in [0.29, 0.717) is 23.4 Å². The molecular formula is C16H23NO4S. The number of carbonyl (C=O) groups excluding carboxylic acids is 2. The van der Waals surface area contributed by atoms with Crippen LogP contribution >= 0.6 is 11.3 Å². The summed E-state index contributed by atoms with van der Waals surface area (Å²) in [6, 6.07) is 0. The molecule has 0 saturated carbocycles. The molecule has 0 saturated heterocycles. The molecule has 1 amide bonds. The van der Waals surface area contributed by atoms with Gasteiger partial charge in [-0.1, -0.05) is 13.3 Å². The second kappa shape index (κ2) is 7.74. The Bertz CT molecular complexity index is 553. The lowest BCUT2D eigenvalue weighted by molar-refractivity contribution is -0.116. The fourth-order valence-corrected chi connectivity index (χ4v) is 3.91. The van der Waals surface area contributed by atoms with Crippen molar-refractivity contribution in [2.45, 2.75) is 58.5 Å². The van der Waals surface area contributed by atoms with Crippen LogP contribution in [-0.2, 0) is 16.0 Å². The molecule has 0 bridgehead atoms. The monoisotopic (exact) mass is 325 g/mol. The average Bonchev–Trinajstić information content (AvgIpc) is 2.85. The first-order chi connectivity index (χ1) is 10.6. The third-order valence-corrected chi connectivity index (χ3v) is 4.98. The van der Waals surface area contributed by atoms with Crippen molar-refractivity contribution < 1.29 is 19.4 Å². The lowest BCUT2D eigenvalue weighted by Gasteiger charge is -2.17. The average molecular weight is 325 g/mol. The van der Waals surface area contributed by atoms with E-state index in [1.54, 1.807) is 6.92 Å². The minimum Gasteiger partial charge on any atom is -0.462 e. The maximum Gasteiger partial charge on any atom is 0.341 e. The molecule has 5 nitrogen and oxygen atoms in total. The Morgan fingerprint density at radius 1 is 1.41 bits per heavy atom. The van der Waals surface area contributed by atoms with Crippen molar-refractivity contribution in [1.82, 2.24) is 0 Å². The van der Waals surface area contributed by atoms with Crippen LogP contribution in [-0.4, -0.2) is 23.6 Å². The molecular weight excluding hydrogens is 302 g/mol. The molecule has 1 aromatic rings. The number of carbonyl (C=O) groups is 2. The van der Waals surface area contributed by atoms with E-state index in [9.17, 15) is 14.7 Å². The fourth-order valence-electron chi connectivity index (χ4n) is 2.64. The van der Waals surface area contributed by atoms with Crippen LogP contribution in [0.3, 0.4) is 0 Å². The Kier molecular flexibility index (Phi) is 5.97. The predicted molar refractivity (Wildman–Crippen MR) is 86.3 cm³/mol. The molecule has 1 aliphatic rings. The van der Waals surface area contributed by atoms with Crippen LogP contribution in [0.5, 0.6) is 0 Å². The molecule has 2 rings (SSSR count). The van der Waals surface area contributed by atoms with E-state index < -0.39 is 12.1 Å². The number of thiophene rings is 1. The summed E-state index contributed by atoms with van der Waals surface area (Å²) in [5.41, 5.74) is 1.28. The number of amides is 1. The van der Waals surface area contributed by atoms with E-state index in [2.05, 4.69) is 5.32 Å². The lowest BCUT2D eigenvalue weighted by atomic mass is 9.93. The van der Waals surface area contributed by atoms with E-state index >= 15 is 0 Å². The maximum absolute atomic E-state index is 12.3. The molecule has 1 atom stereocenters. The van der Waals surface area contributed by atoms with Crippen molar-refractivity contribution in [3.8, 4) is 0 Å². The van der Waals surface area contributed by atoms with Gasteiger partial charge in [0, 0.05) is 11.3 Å². The number of fused-ring (bicyclic) bond motifs is 1. The minimum atomic E-state index is -0.553. The highest BCUT2D eigenvalue weighted by atomic mass is 32.1. The van der Waals surface area contributed by atoms with Gasteiger partial charge < -0.3 is 15.2 Å². The summed E-state index contributed by atoms with van der Waals surface area (Å²) in [7, 11) is 0.